The van der Waals surface area contributed by atoms with Gasteiger partial charge in [-0.15, -0.1) is 0 Å². The van der Waals surface area contributed by atoms with Crippen molar-refractivity contribution in [3.05, 3.63) is 0 Å². The third-order valence-electron chi connectivity index (χ3n) is 4.19. The first kappa shape index (κ1) is 15.4. The van der Waals surface area contributed by atoms with E-state index in [1.54, 1.807) is 0 Å². The van der Waals surface area contributed by atoms with E-state index in [-0.39, 0.29) is 6.79 Å². The van der Waals surface area contributed by atoms with Crippen molar-refractivity contribution in [2.45, 2.75) is 51.4 Å². The molecule has 1 unspecified atom stereocenters. The van der Waals surface area contributed by atoms with Crippen LogP contribution in [0.3, 0.4) is 0 Å². The molecule has 0 bridgehead atoms. The lowest BCUT2D eigenvalue weighted by Crippen LogP contribution is -2.59. The number of rotatable bonds is 4. The van der Waals surface area contributed by atoms with Crippen molar-refractivity contribution >= 4 is 0 Å². The average molecular weight is 257 g/mol. The number of aliphatic hydroxyl groups is 2. The van der Waals surface area contributed by atoms with Crippen LogP contribution in [0.2, 0.25) is 0 Å². The zero-order valence-corrected chi connectivity index (χ0v) is 11.5. The van der Waals surface area contributed by atoms with E-state index in [1.165, 1.54) is 7.11 Å². The summed E-state index contributed by atoms with van der Waals surface area (Å²) in [6.07, 6.45) is -0.548. The van der Waals surface area contributed by atoms with Crippen molar-refractivity contribution in [1.82, 2.24) is 0 Å². The fourth-order valence-corrected chi connectivity index (χ4v) is 3.12. The van der Waals surface area contributed by atoms with Gasteiger partial charge < -0.3 is 19.7 Å². The minimum absolute atomic E-state index is 0.108. The summed E-state index contributed by atoms with van der Waals surface area (Å²) in [4.78, 5) is 0. The van der Waals surface area contributed by atoms with Gasteiger partial charge in [-0.25, -0.2) is 0 Å². The van der Waals surface area contributed by atoms with Gasteiger partial charge in [-0.1, -0.05) is 13.8 Å². The van der Waals surface area contributed by atoms with Crippen LogP contribution in [0.1, 0.15) is 33.6 Å². The highest BCUT2D eigenvalue weighted by molar-refractivity contribution is 5.08. The summed E-state index contributed by atoms with van der Waals surface area (Å²) in [5, 5.41) is 29.1. The monoisotopic (exact) mass is 257 g/mol. The highest BCUT2D eigenvalue weighted by Crippen LogP contribution is 2.49. The molecule has 0 radical (unpaired) electrons. The van der Waals surface area contributed by atoms with Crippen LogP contribution in [0.15, 0.2) is 0 Å². The molecular formula is C13H23NO4. The van der Waals surface area contributed by atoms with Crippen LogP contribution in [0.4, 0.5) is 0 Å². The van der Waals surface area contributed by atoms with Crippen LogP contribution in [-0.4, -0.2) is 41.9 Å². The number of ether oxygens (including phenoxy) is 2. The van der Waals surface area contributed by atoms with E-state index in [2.05, 4.69) is 0 Å². The zero-order chi connectivity index (χ0) is 14.0. The maximum atomic E-state index is 10.1. The summed E-state index contributed by atoms with van der Waals surface area (Å²) in [7, 11) is 1.53. The van der Waals surface area contributed by atoms with Gasteiger partial charge in [0.2, 0.25) is 0 Å². The van der Waals surface area contributed by atoms with E-state index in [9.17, 15) is 10.2 Å². The summed E-state index contributed by atoms with van der Waals surface area (Å²) in [6.45, 7) is 5.69. The highest BCUT2D eigenvalue weighted by atomic mass is 16.7. The summed E-state index contributed by atoms with van der Waals surface area (Å²) >= 11 is 0. The van der Waals surface area contributed by atoms with Crippen LogP contribution < -0.4 is 0 Å². The fraction of sp³-hybridized carbons (Fsp3) is 0.923. The Labute approximate surface area is 108 Å². The molecule has 0 aromatic carbocycles. The number of aliphatic hydroxyl groups excluding tert-OH is 2. The summed E-state index contributed by atoms with van der Waals surface area (Å²) in [5.74, 6) is -0.464. The molecule has 1 saturated carbocycles. The van der Waals surface area contributed by atoms with Gasteiger partial charge in [-0.2, -0.15) is 5.26 Å². The standard InChI is InChI=1S/C13H23NO4/c1-12(2)10(16)5-6-13(3,18-8-17-4)11(12)9(15)7-14/h9-11,15-16H,5-6,8H2,1-4H3/t9?,10-,11-,13-/m0/s1. The Morgan fingerprint density at radius 2 is 2.06 bits per heavy atom. The number of hydrogen-bond acceptors (Lipinski definition) is 5. The molecule has 0 amide bonds. The number of methoxy groups -OCH3 is 1. The zero-order valence-electron chi connectivity index (χ0n) is 11.5. The topological polar surface area (TPSA) is 82.7 Å². The molecule has 1 aliphatic rings. The SMILES string of the molecule is COCO[C@@]1(C)CC[C@H](O)C(C)(C)[C@@H]1C(O)C#N. The second-order valence-electron chi connectivity index (χ2n) is 5.79. The Hall–Kier alpha value is -0.670. The van der Waals surface area contributed by atoms with Gasteiger partial charge in [0, 0.05) is 13.0 Å². The molecule has 0 heterocycles. The lowest BCUT2D eigenvalue weighted by Gasteiger charge is -2.52. The molecule has 104 valence electrons. The Morgan fingerprint density at radius 3 is 2.56 bits per heavy atom. The third-order valence-corrected chi connectivity index (χ3v) is 4.19. The van der Waals surface area contributed by atoms with Crippen LogP contribution >= 0.6 is 0 Å². The predicted molar refractivity (Wildman–Crippen MR) is 65.5 cm³/mol. The molecule has 1 rings (SSSR count). The quantitative estimate of drug-likeness (QED) is 0.581. The summed E-state index contributed by atoms with van der Waals surface area (Å²) < 4.78 is 10.6. The molecule has 18 heavy (non-hydrogen) atoms. The molecule has 4 atom stereocenters. The first-order chi connectivity index (χ1) is 8.29. The Morgan fingerprint density at radius 1 is 1.44 bits per heavy atom. The highest BCUT2D eigenvalue weighted by Gasteiger charge is 2.55. The number of hydrogen-bond donors (Lipinski definition) is 2. The summed E-state index contributed by atoms with van der Waals surface area (Å²) in [5.41, 5.74) is -1.26. The maximum Gasteiger partial charge on any atom is 0.147 e. The van der Waals surface area contributed by atoms with Gasteiger partial charge in [0.15, 0.2) is 0 Å². The molecule has 0 saturated heterocycles. The molecular weight excluding hydrogens is 234 g/mol. The van der Waals surface area contributed by atoms with E-state index in [0.29, 0.717) is 12.8 Å². The molecule has 0 spiro atoms. The minimum Gasteiger partial charge on any atom is -0.393 e. The maximum absolute atomic E-state index is 10.1. The Bertz CT molecular complexity index is 321. The third kappa shape index (κ3) is 2.67. The second-order valence-corrected chi connectivity index (χ2v) is 5.79. The molecule has 5 heteroatoms. The van der Waals surface area contributed by atoms with Crippen molar-refractivity contribution in [2.75, 3.05) is 13.9 Å². The van der Waals surface area contributed by atoms with Crippen molar-refractivity contribution in [3.63, 3.8) is 0 Å². The molecule has 0 aromatic rings. The van der Waals surface area contributed by atoms with Gasteiger partial charge in [-0.3, -0.25) is 0 Å². The lowest BCUT2D eigenvalue weighted by atomic mass is 9.58. The first-order valence-corrected chi connectivity index (χ1v) is 6.18. The lowest BCUT2D eigenvalue weighted by molar-refractivity contribution is -0.222. The van der Waals surface area contributed by atoms with Gasteiger partial charge >= 0.3 is 0 Å². The van der Waals surface area contributed by atoms with Gasteiger partial charge in [0.25, 0.3) is 0 Å². The largest absolute Gasteiger partial charge is 0.393 e. The Kier molecular flexibility index (Phi) is 4.73. The van der Waals surface area contributed by atoms with Crippen molar-refractivity contribution in [1.29, 1.82) is 5.26 Å². The van der Waals surface area contributed by atoms with Crippen LogP contribution in [-0.2, 0) is 9.47 Å². The molecule has 0 aromatic heterocycles. The van der Waals surface area contributed by atoms with Crippen LogP contribution in [0, 0.1) is 22.7 Å². The van der Waals surface area contributed by atoms with E-state index < -0.39 is 29.1 Å². The minimum atomic E-state index is -1.17. The van der Waals surface area contributed by atoms with Gasteiger partial charge in [0.05, 0.1) is 17.8 Å². The van der Waals surface area contributed by atoms with Crippen molar-refractivity contribution in [2.24, 2.45) is 11.3 Å². The van der Waals surface area contributed by atoms with Crippen molar-refractivity contribution < 1.29 is 19.7 Å². The molecule has 0 aliphatic heterocycles. The van der Waals surface area contributed by atoms with Gasteiger partial charge in [0.1, 0.15) is 12.9 Å². The molecule has 5 nitrogen and oxygen atoms in total. The van der Waals surface area contributed by atoms with Gasteiger partial charge in [-0.05, 0) is 25.2 Å². The Balaban J connectivity index is 3.05. The predicted octanol–water partition coefficient (Wildman–Crippen LogP) is 1.05. The van der Waals surface area contributed by atoms with E-state index >= 15 is 0 Å². The summed E-state index contributed by atoms with van der Waals surface area (Å²) in [6, 6.07) is 1.87. The second kappa shape index (κ2) is 5.54. The molecule has 1 aliphatic carbocycles. The fourth-order valence-electron chi connectivity index (χ4n) is 3.12. The first-order valence-electron chi connectivity index (χ1n) is 6.18. The smallest absolute Gasteiger partial charge is 0.147 e. The van der Waals surface area contributed by atoms with E-state index in [1.807, 2.05) is 26.8 Å². The number of nitrogens with zero attached hydrogens (tertiary/aromatic N) is 1. The number of nitriles is 1. The van der Waals surface area contributed by atoms with Crippen molar-refractivity contribution in [3.8, 4) is 6.07 Å². The average Bonchev–Trinajstić information content (AvgIpc) is 2.31. The van der Waals surface area contributed by atoms with E-state index in [4.69, 9.17) is 14.7 Å². The van der Waals surface area contributed by atoms with Crippen LogP contribution in [0.25, 0.3) is 0 Å². The molecule has 2 N–H and O–H groups in total. The normalized spacial score (nSPS) is 36.9. The molecule has 1 fully saturated rings. The van der Waals surface area contributed by atoms with Crippen LogP contribution in [0.5, 0.6) is 0 Å². The van der Waals surface area contributed by atoms with E-state index in [0.717, 1.165) is 0 Å².